The molecule has 0 radical (unpaired) electrons. The lowest BCUT2D eigenvalue weighted by Crippen LogP contribution is -2.08. The van der Waals surface area contributed by atoms with E-state index in [1.165, 1.54) is 19.3 Å². The molecule has 0 spiro atoms. The highest BCUT2D eigenvalue weighted by Crippen LogP contribution is 2.44. The van der Waals surface area contributed by atoms with E-state index in [2.05, 4.69) is 30.4 Å². The lowest BCUT2D eigenvalue weighted by molar-refractivity contribution is 0.553. The predicted octanol–water partition coefficient (Wildman–Crippen LogP) is 1.20. The molecule has 0 saturated carbocycles. The molecule has 0 atom stereocenters. The fourth-order valence-corrected chi connectivity index (χ4v) is 3.39. The Morgan fingerprint density at radius 3 is 1.89 bits per heavy atom. The van der Waals surface area contributed by atoms with Crippen molar-refractivity contribution >= 4 is 8.22 Å². The van der Waals surface area contributed by atoms with Gasteiger partial charge in [0.05, 0.1) is 0 Å². The Bertz CT molecular complexity index is 87.1. The third-order valence-corrected chi connectivity index (χ3v) is 4.36. The number of likely N-dealkylation sites (N-methyl/N-ethyl adjacent to an activating group) is 2. The van der Waals surface area contributed by atoms with Gasteiger partial charge in [0.25, 0.3) is 0 Å². The average Bonchev–Trinajstić information content (AvgIpc) is 2.12. The van der Waals surface area contributed by atoms with E-state index in [0.29, 0.717) is 0 Å². The maximum Gasteiger partial charge on any atom is 0.0387 e. The maximum atomic E-state index is 2.47. The molecule has 54 valence electrons. The van der Waals surface area contributed by atoms with Crippen LogP contribution in [-0.2, 0) is 0 Å². The van der Waals surface area contributed by atoms with Crippen LogP contribution in [0.4, 0.5) is 0 Å². The Morgan fingerprint density at radius 2 is 1.67 bits per heavy atom. The molecule has 0 aromatic rings. The maximum absolute atomic E-state index is 2.47. The summed E-state index contributed by atoms with van der Waals surface area (Å²) in [6.07, 6.45) is 1.31. The molecule has 0 aliphatic carbocycles. The highest BCUT2D eigenvalue weighted by atomic mass is 31.1. The van der Waals surface area contributed by atoms with E-state index in [-0.39, 0.29) is 8.22 Å². The fourth-order valence-electron chi connectivity index (χ4n) is 1.26. The van der Waals surface area contributed by atoms with Crippen molar-refractivity contribution in [2.24, 2.45) is 0 Å². The van der Waals surface area contributed by atoms with Crippen LogP contribution < -0.4 is 0 Å². The first-order valence-electron chi connectivity index (χ1n) is 3.45. The highest BCUT2D eigenvalue weighted by Gasteiger charge is 2.23. The Kier molecular flexibility index (Phi) is 2.45. The molecule has 1 fully saturated rings. The first kappa shape index (κ1) is 7.46. The molecule has 2 nitrogen and oxygen atoms in total. The van der Waals surface area contributed by atoms with E-state index < -0.39 is 0 Å². The zero-order chi connectivity index (χ0) is 6.85. The van der Waals surface area contributed by atoms with Crippen molar-refractivity contribution in [2.75, 3.05) is 33.3 Å². The summed E-state index contributed by atoms with van der Waals surface area (Å²) in [5.74, 6) is 0. The van der Waals surface area contributed by atoms with Crippen molar-refractivity contribution in [2.45, 2.75) is 6.92 Å². The van der Waals surface area contributed by atoms with Crippen LogP contribution in [0.2, 0.25) is 0 Å². The van der Waals surface area contributed by atoms with Crippen LogP contribution in [-0.4, -0.2) is 42.7 Å². The van der Waals surface area contributed by atoms with E-state index in [1.807, 2.05) is 0 Å². The lowest BCUT2D eigenvalue weighted by atomic mass is 10.6. The summed E-state index contributed by atoms with van der Waals surface area (Å²) in [5.41, 5.74) is 0. The second-order valence-electron chi connectivity index (χ2n) is 2.45. The van der Waals surface area contributed by atoms with Crippen molar-refractivity contribution in [3.05, 3.63) is 0 Å². The smallest absolute Gasteiger partial charge is 0.0387 e. The summed E-state index contributed by atoms with van der Waals surface area (Å²) in [7, 11) is 4.54. The van der Waals surface area contributed by atoms with Crippen LogP contribution in [0, 0.1) is 0 Å². The molecule has 0 bridgehead atoms. The summed E-state index contributed by atoms with van der Waals surface area (Å²) < 4.78 is 4.94. The van der Waals surface area contributed by atoms with Gasteiger partial charge in [-0.2, -0.15) is 0 Å². The zero-order valence-electron chi connectivity index (χ0n) is 6.46. The molecule has 0 N–H and O–H groups in total. The van der Waals surface area contributed by atoms with Crippen LogP contribution in [0.1, 0.15) is 6.92 Å². The Balaban J connectivity index is 2.44. The fraction of sp³-hybridized carbons (Fsp3) is 1.00. The van der Waals surface area contributed by atoms with Crippen LogP contribution in [0.25, 0.3) is 0 Å². The van der Waals surface area contributed by atoms with Gasteiger partial charge in [-0.15, -0.1) is 0 Å². The Hall–Kier alpha value is 0.350. The number of nitrogens with zero attached hydrogens (tertiary/aromatic N) is 2. The molecule has 1 aliphatic rings. The van der Waals surface area contributed by atoms with E-state index in [4.69, 9.17) is 0 Å². The summed E-state index contributed by atoms with van der Waals surface area (Å²) in [4.78, 5) is 0. The van der Waals surface area contributed by atoms with Crippen molar-refractivity contribution < 1.29 is 0 Å². The molecule has 9 heavy (non-hydrogen) atoms. The van der Waals surface area contributed by atoms with Crippen molar-refractivity contribution in [1.29, 1.82) is 0 Å². The van der Waals surface area contributed by atoms with Crippen molar-refractivity contribution in [1.82, 2.24) is 9.34 Å². The van der Waals surface area contributed by atoms with Gasteiger partial charge in [-0.25, -0.2) is 0 Å². The minimum atomic E-state index is 0.101. The van der Waals surface area contributed by atoms with Gasteiger partial charge in [0.15, 0.2) is 0 Å². The topological polar surface area (TPSA) is 6.48 Å². The Labute approximate surface area is 58.7 Å². The number of hydrogen-bond acceptors (Lipinski definition) is 2. The molecule has 0 amide bonds. The minimum Gasteiger partial charge on any atom is -0.272 e. The molecule has 0 aromatic heterocycles. The van der Waals surface area contributed by atoms with Crippen molar-refractivity contribution in [3.63, 3.8) is 0 Å². The summed E-state index contributed by atoms with van der Waals surface area (Å²) in [5, 5.41) is 0. The molecule has 1 rings (SSSR count). The van der Waals surface area contributed by atoms with E-state index in [0.717, 1.165) is 0 Å². The zero-order valence-corrected chi connectivity index (χ0v) is 7.36. The van der Waals surface area contributed by atoms with Gasteiger partial charge in [0, 0.05) is 21.3 Å². The molecule has 1 saturated heterocycles. The number of hydrogen-bond donors (Lipinski definition) is 0. The number of rotatable bonds is 1. The first-order valence-corrected chi connectivity index (χ1v) is 4.88. The SMILES string of the molecule is CCP1N(C)CCN1C. The summed E-state index contributed by atoms with van der Waals surface area (Å²) in [6, 6.07) is 0. The van der Waals surface area contributed by atoms with E-state index >= 15 is 0 Å². The van der Waals surface area contributed by atoms with Gasteiger partial charge in [-0.1, -0.05) is 6.92 Å². The summed E-state index contributed by atoms with van der Waals surface area (Å²) in [6.45, 7) is 4.79. The van der Waals surface area contributed by atoms with Gasteiger partial charge in [-0.05, 0) is 20.3 Å². The second kappa shape index (κ2) is 2.96. The predicted molar refractivity (Wildman–Crippen MR) is 42.7 cm³/mol. The lowest BCUT2D eigenvalue weighted by Gasteiger charge is -2.22. The summed E-state index contributed by atoms with van der Waals surface area (Å²) >= 11 is 0. The second-order valence-corrected chi connectivity index (χ2v) is 5.19. The normalized spacial score (nSPS) is 25.7. The first-order chi connectivity index (χ1) is 4.25. The molecule has 1 aliphatic heterocycles. The van der Waals surface area contributed by atoms with Crippen molar-refractivity contribution in [3.8, 4) is 0 Å². The molecular weight excluding hydrogens is 131 g/mol. The van der Waals surface area contributed by atoms with Gasteiger partial charge in [-0.3, -0.25) is 9.34 Å². The molecule has 1 heterocycles. The molecule has 0 aromatic carbocycles. The van der Waals surface area contributed by atoms with Gasteiger partial charge < -0.3 is 0 Å². The molecular formula is C6H15N2P. The van der Waals surface area contributed by atoms with Crippen LogP contribution in [0.15, 0.2) is 0 Å². The van der Waals surface area contributed by atoms with Gasteiger partial charge >= 0.3 is 0 Å². The monoisotopic (exact) mass is 146 g/mol. The van der Waals surface area contributed by atoms with Gasteiger partial charge in [0.1, 0.15) is 0 Å². The standard InChI is InChI=1S/C6H15N2P/c1-4-9-7(2)5-6-8(9)3/h4-6H2,1-3H3. The van der Waals surface area contributed by atoms with Crippen LogP contribution in [0.5, 0.6) is 0 Å². The minimum absolute atomic E-state index is 0.101. The van der Waals surface area contributed by atoms with E-state index in [9.17, 15) is 0 Å². The highest BCUT2D eigenvalue weighted by molar-refractivity contribution is 7.52. The third kappa shape index (κ3) is 1.43. The van der Waals surface area contributed by atoms with Gasteiger partial charge in [0.2, 0.25) is 0 Å². The quantitative estimate of drug-likeness (QED) is 0.513. The van der Waals surface area contributed by atoms with Crippen LogP contribution in [0.3, 0.4) is 0 Å². The molecule has 0 unspecified atom stereocenters. The third-order valence-electron chi connectivity index (χ3n) is 1.82. The molecule has 3 heteroatoms. The largest absolute Gasteiger partial charge is 0.272 e. The van der Waals surface area contributed by atoms with E-state index in [1.54, 1.807) is 0 Å². The Morgan fingerprint density at radius 1 is 1.22 bits per heavy atom. The average molecular weight is 146 g/mol. The van der Waals surface area contributed by atoms with Crippen LogP contribution >= 0.6 is 8.22 Å².